The molecule has 2 aromatic heterocycles. The average molecular weight is 470 g/mol. The number of nitrogens with zero attached hydrogens (tertiary/aromatic N) is 5. The van der Waals surface area contributed by atoms with E-state index < -0.39 is 23.8 Å². The van der Waals surface area contributed by atoms with Gasteiger partial charge in [-0.05, 0) is 31.9 Å². The van der Waals surface area contributed by atoms with E-state index >= 15 is 0 Å². The Hall–Kier alpha value is -3.49. The van der Waals surface area contributed by atoms with Gasteiger partial charge in [-0.2, -0.15) is 0 Å². The van der Waals surface area contributed by atoms with Crippen LogP contribution in [-0.4, -0.2) is 38.4 Å². The van der Waals surface area contributed by atoms with Crippen molar-refractivity contribution in [3.05, 3.63) is 70.5 Å². The van der Waals surface area contributed by atoms with E-state index in [0.29, 0.717) is 30.8 Å². The fraction of sp³-hybridized carbons (Fsp3) is 0.360. The summed E-state index contributed by atoms with van der Waals surface area (Å²) in [5.74, 6) is -0.225. The maximum atomic E-state index is 14.7. The number of halogens is 3. The van der Waals surface area contributed by atoms with Crippen molar-refractivity contribution in [2.24, 2.45) is 12.0 Å². The molecule has 178 valence electrons. The standard InChI is InChI=1S/C25H26F3N5O/c1-14(18-6-5-7-19(23(18)26)24(27)28)30-25-20-12-21(17-8-10-33(11-9-17)16(3)34)29-13-22(20)32(4)15(2)31-25/h5-8,12-14,24H,9-11H2,1-4H3. The molecule has 1 atom stereocenters. The first-order chi connectivity index (χ1) is 16.2. The average Bonchev–Trinajstić information content (AvgIpc) is 2.82. The van der Waals surface area contributed by atoms with Gasteiger partial charge in [-0.1, -0.05) is 24.3 Å². The molecule has 1 aliphatic heterocycles. The molecule has 0 fully saturated rings. The summed E-state index contributed by atoms with van der Waals surface area (Å²) in [5.41, 5.74) is 2.43. The molecule has 1 aromatic carbocycles. The summed E-state index contributed by atoms with van der Waals surface area (Å²) in [6.07, 6.45) is 1.52. The molecule has 0 bridgehead atoms. The number of carbonyl (C=O) groups is 1. The minimum Gasteiger partial charge on any atom is -0.339 e. The van der Waals surface area contributed by atoms with Crippen LogP contribution >= 0.6 is 0 Å². The Morgan fingerprint density at radius 2 is 1.97 bits per heavy atom. The van der Waals surface area contributed by atoms with Crippen LogP contribution in [0.5, 0.6) is 0 Å². The van der Waals surface area contributed by atoms with Gasteiger partial charge >= 0.3 is 0 Å². The fourth-order valence-corrected chi connectivity index (χ4v) is 4.13. The molecule has 0 radical (unpaired) electrons. The predicted octanol–water partition coefficient (Wildman–Crippen LogP) is 4.65. The van der Waals surface area contributed by atoms with E-state index in [1.54, 1.807) is 24.9 Å². The fourth-order valence-electron chi connectivity index (χ4n) is 4.13. The number of benzene rings is 1. The lowest BCUT2D eigenvalue weighted by Crippen LogP contribution is -2.32. The number of carbonyl (C=O) groups excluding carboxylic acids is 1. The molecule has 0 saturated heterocycles. The van der Waals surface area contributed by atoms with Crippen molar-refractivity contribution in [1.29, 1.82) is 0 Å². The Morgan fingerprint density at radius 1 is 1.24 bits per heavy atom. The number of amides is 1. The molecule has 0 saturated carbocycles. The molecular formula is C25H26F3N5O. The van der Waals surface area contributed by atoms with Gasteiger partial charge in [-0.3, -0.25) is 14.8 Å². The van der Waals surface area contributed by atoms with Crippen LogP contribution in [0.2, 0.25) is 0 Å². The highest BCUT2D eigenvalue weighted by atomic mass is 19.3. The summed E-state index contributed by atoms with van der Waals surface area (Å²) in [5, 5.41) is 0.727. The van der Waals surface area contributed by atoms with Crippen LogP contribution in [0.15, 0.2) is 41.5 Å². The van der Waals surface area contributed by atoms with Crippen LogP contribution in [0.1, 0.15) is 55.4 Å². The van der Waals surface area contributed by atoms with Gasteiger partial charge < -0.3 is 9.47 Å². The van der Waals surface area contributed by atoms with Gasteiger partial charge in [0.25, 0.3) is 6.43 Å². The molecule has 0 N–H and O–H groups in total. The first-order valence-electron chi connectivity index (χ1n) is 11.1. The van der Waals surface area contributed by atoms with Crippen LogP contribution in [0, 0.1) is 12.7 Å². The van der Waals surface area contributed by atoms with E-state index in [-0.39, 0.29) is 11.5 Å². The first kappa shape index (κ1) is 23.7. The van der Waals surface area contributed by atoms with Gasteiger partial charge in [-0.25, -0.2) is 18.2 Å². The summed E-state index contributed by atoms with van der Waals surface area (Å²) < 4.78 is 43.0. The lowest BCUT2D eigenvalue weighted by atomic mass is 10.0. The number of pyridine rings is 1. The zero-order valence-electron chi connectivity index (χ0n) is 19.5. The van der Waals surface area contributed by atoms with Crippen molar-refractivity contribution < 1.29 is 18.0 Å². The third-order valence-electron chi connectivity index (χ3n) is 6.28. The van der Waals surface area contributed by atoms with Crippen molar-refractivity contribution in [3.8, 4) is 0 Å². The predicted molar refractivity (Wildman–Crippen MR) is 123 cm³/mol. The van der Waals surface area contributed by atoms with Gasteiger partial charge in [-0.15, -0.1) is 0 Å². The first-order valence-corrected chi connectivity index (χ1v) is 11.1. The van der Waals surface area contributed by atoms with Gasteiger partial charge in [0.1, 0.15) is 11.6 Å². The number of rotatable bonds is 4. The lowest BCUT2D eigenvalue weighted by Gasteiger charge is -2.25. The van der Waals surface area contributed by atoms with E-state index in [1.165, 1.54) is 12.1 Å². The molecular weight excluding hydrogens is 443 g/mol. The second-order valence-corrected chi connectivity index (χ2v) is 8.43. The molecule has 3 heterocycles. The zero-order chi connectivity index (χ0) is 24.6. The zero-order valence-corrected chi connectivity index (χ0v) is 19.5. The van der Waals surface area contributed by atoms with Crippen LogP contribution in [0.4, 0.5) is 13.2 Å². The van der Waals surface area contributed by atoms with Crippen molar-refractivity contribution in [2.45, 2.75) is 39.7 Å². The van der Waals surface area contributed by atoms with Crippen LogP contribution in [0.25, 0.3) is 16.5 Å². The molecule has 0 aliphatic carbocycles. The van der Waals surface area contributed by atoms with Crippen LogP contribution in [0.3, 0.4) is 0 Å². The van der Waals surface area contributed by atoms with E-state index in [9.17, 15) is 18.0 Å². The SMILES string of the molecule is CC(=O)N1CC=C(c2cc3c(=NC(C)c4cccc(C(F)F)c4F)nc(C)n(C)c3cn2)CC1. The van der Waals surface area contributed by atoms with Gasteiger partial charge in [0, 0.05) is 38.0 Å². The quantitative estimate of drug-likeness (QED) is 0.559. The number of fused-ring (bicyclic) bond motifs is 1. The molecule has 1 aliphatic rings. The van der Waals surface area contributed by atoms with E-state index in [0.717, 1.165) is 28.2 Å². The smallest absolute Gasteiger partial charge is 0.266 e. The molecule has 1 amide bonds. The van der Waals surface area contributed by atoms with Crippen LogP contribution < -0.4 is 5.49 Å². The highest BCUT2D eigenvalue weighted by Gasteiger charge is 2.20. The second-order valence-electron chi connectivity index (χ2n) is 8.43. The highest BCUT2D eigenvalue weighted by molar-refractivity contribution is 5.82. The maximum Gasteiger partial charge on any atom is 0.266 e. The number of alkyl halides is 2. The monoisotopic (exact) mass is 469 g/mol. The summed E-state index contributed by atoms with van der Waals surface area (Å²) in [6.45, 7) is 6.18. The third kappa shape index (κ3) is 4.47. The van der Waals surface area contributed by atoms with E-state index in [1.807, 2.05) is 30.7 Å². The minimum absolute atomic E-state index is 0.0340. The maximum absolute atomic E-state index is 14.7. The molecule has 1 unspecified atom stereocenters. The number of hydrogen-bond acceptors (Lipinski definition) is 4. The number of aromatic nitrogens is 3. The van der Waals surface area contributed by atoms with Gasteiger partial charge in [0.2, 0.25) is 5.91 Å². The summed E-state index contributed by atoms with van der Waals surface area (Å²) >= 11 is 0. The Kier molecular flexibility index (Phi) is 6.54. The van der Waals surface area contributed by atoms with Crippen molar-refractivity contribution in [2.75, 3.05) is 13.1 Å². The molecule has 6 nitrogen and oxygen atoms in total. The van der Waals surface area contributed by atoms with E-state index in [2.05, 4.69) is 15.0 Å². The Bertz CT molecular complexity index is 1360. The molecule has 9 heteroatoms. The lowest BCUT2D eigenvalue weighted by molar-refractivity contribution is -0.128. The molecule has 34 heavy (non-hydrogen) atoms. The Morgan fingerprint density at radius 3 is 2.62 bits per heavy atom. The normalized spacial score (nSPS) is 15.7. The minimum atomic E-state index is -2.90. The van der Waals surface area contributed by atoms with E-state index in [4.69, 9.17) is 0 Å². The molecule has 4 rings (SSSR count). The Balaban J connectivity index is 1.82. The molecule has 0 spiro atoms. The van der Waals surface area contributed by atoms with Crippen molar-refractivity contribution in [3.63, 3.8) is 0 Å². The Labute approximate surface area is 195 Å². The largest absolute Gasteiger partial charge is 0.339 e. The summed E-state index contributed by atoms with van der Waals surface area (Å²) in [6, 6.07) is 5.13. The highest BCUT2D eigenvalue weighted by Crippen LogP contribution is 2.29. The summed E-state index contributed by atoms with van der Waals surface area (Å²) in [4.78, 5) is 27.2. The van der Waals surface area contributed by atoms with Gasteiger partial charge in [0.15, 0.2) is 5.49 Å². The molecule has 3 aromatic rings. The van der Waals surface area contributed by atoms with Crippen LogP contribution in [-0.2, 0) is 11.8 Å². The van der Waals surface area contributed by atoms with Crippen molar-refractivity contribution >= 4 is 22.4 Å². The second kappa shape index (κ2) is 9.40. The van der Waals surface area contributed by atoms with Crippen molar-refractivity contribution in [1.82, 2.24) is 19.4 Å². The number of hydrogen-bond donors (Lipinski definition) is 0. The number of aryl methyl sites for hydroxylation is 2. The summed E-state index contributed by atoms with van der Waals surface area (Å²) in [7, 11) is 1.87. The topological polar surface area (TPSA) is 63.4 Å². The van der Waals surface area contributed by atoms with Gasteiger partial charge in [0.05, 0.1) is 29.0 Å². The third-order valence-corrected chi connectivity index (χ3v) is 6.28.